The molecule has 1 aliphatic heterocycles. The standard InChI is InChI=1S/C29H32N4O4S/c1-32-18-16-30-29(32)27(19-31-38(34,35)36)24-12-14-26(15-13-24)37-21-23-10-8-22(9-11-23)20-33-17-4-6-25-5-2-3-7-28(25)33/h2-3,5,7-16,18,27,31H,4,6,17,19-21H2,1H3,(H,34,35,36). The molecule has 1 aliphatic rings. The number of aromatic nitrogens is 2. The third-order valence-electron chi connectivity index (χ3n) is 6.93. The van der Waals surface area contributed by atoms with Gasteiger partial charge in [0.1, 0.15) is 18.2 Å². The maximum absolute atomic E-state index is 11.3. The maximum atomic E-state index is 11.3. The van der Waals surface area contributed by atoms with E-state index in [0.717, 1.165) is 30.6 Å². The molecule has 0 saturated carbocycles. The molecule has 0 saturated heterocycles. The van der Waals surface area contributed by atoms with Gasteiger partial charge in [0.25, 0.3) is 0 Å². The zero-order chi connectivity index (χ0) is 26.5. The third kappa shape index (κ3) is 6.42. The predicted octanol–water partition coefficient (Wildman–Crippen LogP) is 4.48. The number of fused-ring (bicyclic) bond motifs is 1. The number of anilines is 1. The molecule has 9 heteroatoms. The summed E-state index contributed by atoms with van der Waals surface area (Å²) in [6, 6.07) is 24.7. The zero-order valence-electron chi connectivity index (χ0n) is 21.3. The molecule has 8 nitrogen and oxygen atoms in total. The summed E-state index contributed by atoms with van der Waals surface area (Å²) in [7, 11) is -2.47. The van der Waals surface area contributed by atoms with Crippen molar-refractivity contribution in [2.75, 3.05) is 18.0 Å². The fraction of sp³-hybridized carbons (Fsp3) is 0.276. The zero-order valence-corrected chi connectivity index (χ0v) is 22.1. The van der Waals surface area contributed by atoms with Gasteiger partial charge in [-0.1, -0.05) is 54.6 Å². The van der Waals surface area contributed by atoms with Crippen LogP contribution in [0, 0.1) is 0 Å². The number of imidazole rings is 1. The van der Waals surface area contributed by atoms with Crippen LogP contribution in [0.4, 0.5) is 5.69 Å². The number of benzene rings is 3. The van der Waals surface area contributed by atoms with Crippen molar-refractivity contribution in [1.82, 2.24) is 14.3 Å². The van der Waals surface area contributed by atoms with Gasteiger partial charge in [0, 0.05) is 44.8 Å². The fourth-order valence-corrected chi connectivity index (χ4v) is 5.34. The molecule has 38 heavy (non-hydrogen) atoms. The van der Waals surface area contributed by atoms with E-state index >= 15 is 0 Å². The van der Waals surface area contributed by atoms with Crippen LogP contribution in [0.1, 0.15) is 40.4 Å². The lowest BCUT2D eigenvalue weighted by Gasteiger charge is -2.31. The van der Waals surface area contributed by atoms with E-state index in [1.807, 2.05) is 35.9 Å². The topological polar surface area (TPSA) is 96.7 Å². The van der Waals surface area contributed by atoms with Crippen molar-refractivity contribution in [3.05, 3.63) is 113 Å². The summed E-state index contributed by atoms with van der Waals surface area (Å²) in [5.74, 6) is 1.03. The quantitative estimate of drug-likeness (QED) is 0.293. The van der Waals surface area contributed by atoms with Crippen molar-refractivity contribution in [2.24, 2.45) is 7.05 Å². The van der Waals surface area contributed by atoms with E-state index in [4.69, 9.17) is 9.29 Å². The number of nitrogens with zero attached hydrogens (tertiary/aromatic N) is 3. The van der Waals surface area contributed by atoms with Crippen molar-refractivity contribution >= 4 is 16.0 Å². The lowest BCUT2D eigenvalue weighted by Crippen LogP contribution is -2.29. The van der Waals surface area contributed by atoms with Crippen LogP contribution in [0.5, 0.6) is 5.75 Å². The molecular formula is C29H32N4O4S. The molecule has 2 N–H and O–H groups in total. The van der Waals surface area contributed by atoms with E-state index < -0.39 is 10.3 Å². The lowest BCUT2D eigenvalue weighted by atomic mass is 9.98. The van der Waals surface area contributed by atoms with Crippen molar-refractivity contribution in [3.63, 3.8) is 0 Å². The molecule has 0 radical (unpaired) electrons. The highest BCUT2D eigenvalue weighted by atomic mass is 32.2. The lowest BCUT2D eigenvalue weighted by molar-refractivity contribution is 0.306. The molecule has 4 aromatic rings. The van der Waals surface area contributed by atoms with Crippen LogP contribution >= 0.6 is 0 Å². The summed E-state index contributed by atoms with van der Waals surface area (Å²) < 4.78 is 41.7. The van der Waals surface area contributed by atoms with Gasteiger partial charge >= 0.3 is 10.3 Å². The third-order valence-corrected chi connectivity index (χ3v) is 7.46. The first kappa shape index (κ1) is 26.0. The molecule has 0 fully saturated rings. The molecular weight excluding hydrogens is 500 g/mol. The number of aryl methyl sites for hydroxylation is 2. The number of ether oxygens (including phenoxy) is 1. The Hall–Kier alpha value is -3.66. The minimum absolute atomic E-state index is 0.0146. The first-order valence-electron chi connectivity index (χ1n) is 12.7. The van der Waals surface area contributed by atoms with Crippen molar-refractivity contribution < 1.29 is 17.7 Å². The smallest absolute Gasteiger partial charge is 0.333 e. The predicted molar refractivity (Wildman–Crippen MR) is 148 cm³/mol. The van der Waals surface area contributed by atoms with Gasteiger partial charge < -0.3 is 14.2 Å². The second-order valence-electron chi connectivity index (χ2n) is 9.60. The molecule has 3 aromatic carbocycles. The van der Waals surface area contributed by atoms with Gasteiger partial charge in [-0.15, -0.1) is 0 Å². The van der Waals surface area contributed by atoms with Crippen molar-refractivity contribution in [3.8, 4) is 5.75 Å². The average molecular weight is 533 g/mol. The fourth-order valence-electron chi connectivity index (χ4n) is 4.96. The summed E-state index contributed by atoms with van der Waals surface area (Å²) in [5, 5.41) is 0. The normalized spacial score (nSPS) is 14.2. The molecule has 198 valence electrons. The highest BCUT2D eigenvalue weighted by Gasteiger charge is 2.21. The Labute approximate surface area is 223 Å². The number of rotatable bonds is 10. The molecule has 5 rings (SSSR count). The van der Waals surface area contributed by atoms with Gasteiger partial charge in [-0.3, -0.25) is 4.55 Å². The van der Waals surface area contributed by atoms with E-state index in [1.165, 1.54) is 23.2 Å². The van der Waals surface area contributed by atoms with Gasteiger partial charge in [-0.25, -0.2) is 4.98 Å². The largest absolute Gasteiger partial charge is 0.489 e. The van der Waals surface area contributed by atoms with Crippen LogP contribution in [-0.2, 0) is 36.9 Å². The molecule has 1 atom stereocenters. The van der Waals surface area contributed by atoms with Crippen LogP contribution in [0.15, 0.2) is 85.2 Å². The van der Waals surface area contributed by atoms with Crippen LogP contribution in [0.3, 0.4) is 0 Å². The van der Waals surface area contributed by atoms with Gasteiger partial charge in [-0.2, -0.15) is 13.1 Å². The number of nitrogens with one attached hydrogen (secondary N) is 1. The van der Waals surface area contributed by atoms with Crippen molar-refractivity contribution in [1.29, 1.82) is 0 Å². The number of hydrogen-bond donors (Lipinski definition) is 2. The summed E-state index contributed by atoms with van der Waals surface area (Å²) in [6.45, 7) is 2.40. The summed E-state index contributed by atoms with van der Waals surface area (Å²) in [6.07, 6.45) is 5.78. The molecule has 0 bridgehead atoms. The van der Waals surface area contributed by atoms with E-state index in [0.29, 0.717) is 18.2 Å². The maximum Gasteiger partial charge on any atom is 0.333 e. The molecule has 2 heterocycles. The van der Waals surface area contributed by atoms with Crippen LogP contribution in [0.25, 0.3) is 0 Å². The van der Waals surface area contributed by atoms with Gasteiger partial charge in [-0.05, 0) is 53.3 Å². The SMILES string of the molecule is Cn1ccnc1C(CNS(=O)(=O)O)c1ccc(OCc2ccc(CN3CCCc4ccccc43)cc2)cc1. The molecule has 0 aliphatic carbocycles. The molecule has 1 unspecified atom stereocenters. The van der Waals surface area contributed by atoms with Crippen LogP contribution in [-0.4, -0.2) is 35.6 Å². The Morgan fingerprint density at radius 3 is 2.47 bits per heavy atom. The van der Waals surface area contributed by atoms with Crippen LogP contribution in [0.2, 0.25) is 0 Å². The van der Waals surface area contributed by atoms with Gasteiger partial charge in [0.05, 0.1) is 5.92 Å². The van der Waals surface area contributed by atoms with Crippen molar-refractivity contribution in [2.45, 2.75) is 31.9 Å². The first-order valence-corrected chi connectivity index (χ1v) is 14.1. The van der Waals surface area contributed by atoms with E-state index in [1.54, 1.807) is 12.4 Å². The Balaban J connectivity index is 1.20. The summed E-state index contributed by atoms with van der Waals surface area (Å²) >= 11 is 0. The minimum atomic E-state index is -4.32. The van der Waals surface area contributed by atoms with Gasteiger partial charge in [0.2, 0.25) is 0 Å². The van der Waals surface area contributed by atoms with Gasteiger partial charge in [0.15, 0.2) is 0 Å². The highest BCUT2D eigenvalue weighted by molar-refractivity contribution is 7.83. The van der Waals surface area contributed by atoms with E-state index in [9.17, 15) is 8.42 Å². The molecule has 0 amide bonds. The number of hydrogen-bond acceptors (Lipinski definition) is 5. The Morgan fingerprint density at radius 1 is 1.03 bits per heavy atom. The minimum Gasteiger partial charge on any atom is -0.489 e. The van der Waals surface area contributed by atoms with E-state index in [2.05, 4.69) is 63.1 Å². The summed E-state index contributed by atoms with van der Waals surface area (Å²) in [5.41, 5.74) is 5.98. The van der Waals surface area contributed by atoms with Crippen LogP contribution < -0.4 is 14.4 Å². The monoisotopic (exact) mass is 532 g/mol. The Bertz CT molecular complexity index is 1470. The first-order chi connectivity index (χ1) is 18.4. The second-order valence-corrected chi connectivity index (χ2v) is 10.8. The second kappa shape index (κ2) is 11.4. The molecule has 1 aromatic heterocycles. The Kier molecular flexibility index (Phi) is 7.78. The number of para-hydroxylation sites is 1. The van der Waals surface area contributed by atoms with E-state index in [-0.39, 0.29) is 12.5 Å². The highest BCUT2D eigenvalue weighted by Crippen LogP contribution is 2.28. The average Bonchev–Trinajstić information content (AvgIpc) is 3.34. The summed E-state index contributed by atoms with van der Waals surface area (Å²) in [4.78, 5) is 6.81. The molecule has 0 spiro atoms. The Morgan fingerprint density at radius 2 is 1.76 bits per heavy atom.